The fourth-order valence-electron chi connectivity index (χ4n) is 1.97. The molecule has 0 saturated heterocycles. The molecule has 0 radical (unpaired) electrons. The zero-order chi connectivity index (χ0) is 13.9. The molecule has 0 saturated carbocycles. The third kappa shape index (κ3) is 3.09. The quantitative estimate of drug-likeness (QED) is 0.831. The molecule has 2 nitrogen and oxygen atoms in total. The van der Waals surface area contributed by atoms with Crippen molar-refractivity contribution in [3.63, 3.8) is 0 Å². The number of anilines is 2. The highest BCUT2D eigenvalue weighted by Gasteiger charge is 2.35. The molecular formula is C13H19F3N2. The summed E-state index contributed by atoms with van der Waals surface area (Å²) in [5.74, 6) is 0. The number of benzene rings is 1. The lowest BCUT2D eigenvalue weighted by molar-refractivity contribution is -0.137. The highest BCUT2D eigenvalue weighted by molar-refractivity contribution is 5.61. The van der Waals surface area contributed by atoms with Gasteiger partial charge in [-0.25, -0.2) is 0 Å². The maximum Gasteiger partial charge on any atom is 0.418 e. The minimum atomic E-state index is -4.38. The monoisotopic (exact) mass is 260 g/mol. The molecule has 18 heavy (non-hydrogen) atoms. The first-order valence-corrected chi connectivity index (χ1v) is 6.04. The normalized spacial score (nSPS) is 13.4. The molecule has 0 bridgehead atoms. The fourth-order valence-corrected chi connectivity index (χ4v) is 1.97. The molecule has 1 aromatic carbocycles. The summed E-state index contributed by atoms with van der Waals surface area (Å²) in [6.07, 6.45) is -3.60. The zero-order valence-corrected chi connectivity index (χ0v) is 10.9. The van der Waals surface area contributed by atoms with Crippen LogP contribution in [0.25, 0.3) is 0 Å². The van der Waals surface area contributed by atoms with Crippen LogP contribution in [0.5, 0.6) is 0 Å². The Morgan fingerprint density at radius 2 is 1.89 bits per heavy atom. The van der Waals surface area contributed by atoms with Crippen molar-refractivity contribution >= 4 is 11.4 Å². The standard InChI is InChI=1S/C13H19F3N2/c1-4-9(3)18(5-2)12-7-6-10(17)8-11(12)13(14,15)16/h6-9H,4-5,17H2,1-3H3. The molecule has 1 unspecified atom stereocenters. The average molecular weight is 260 g/mol. The molecule has 0 aromatic heterocycles. The minimum Gasteiger partial charge on any atom is -0.399 e. The smallest absolute Gasteiger partial charge is 0.399 e. The first kappa shape index (κ1) is 14.7. The van der Waals surface area contributed by atoms with Crippen LogP contribution < -0.4 is 10.6 Å². The van der Waals surface area contributed by atoms with Gasteiger partial charge in [0.05, 0.1) is 5.56 Å². The van der Waals surface area contributed by atoms with Crippen LogP contribution in [0.2, 0.25) is 0 Å². The molecule has 0 heterocycles. The summed E-state index contributed by atoms with van der Waals surface area (Å²) in [6, 6.07) is 4.02. The number of alkyl halides is 3. The summed E-state index contributed by atoms with van der Waals surface area (Å²) in [5, 5.41) is 0. The van der Waals surface area contributed by atoms with Gasteiger partial charge in [-0.3, -0.25) is 0 Å². The Hall–Kier alpha value is -1.39. The third-order valence-corrected chi connectivity index (χ3v) is 3.10. The van der Waals surface area contributed by atoms with Gasteiger partial charge in [0.2, 0.25) is 0 Å². The van der Waals surface area contributed by atoms with Crippen molar-refractivity contribution in [2.45, 2.75) is 39.4 Å². The second kappa shape index (κ2) is 5.50. The predicted octanol–water partition coefficient (Wildman–Crippen LogP) is 3.91. The highest BCUT2D eigenvalue weighted by Crippen LogP contribution is 2.38. The number of nitrogen functional groups attached to an aromatic ring is 1. The van der Waals surface area contributed by atoms with Gasteiger partial charge in [-0.15, -0.1) is 0 Å². The lowest BCUT2D eigenvalue weighted by Gasteiger charge is -2.32. The maximum atomic E-state index is 13.0. The van der Waals surface area contributed by atoms with Crippen LogP contribution in [0.4, 0.5) is 24.5 Å². The van der Waals surface area contributed by atoms with Gasteiger partial charge in [0.1, 0.15) is 0 Å². The van der Waals surface area contributed by atoms with E-state index in [1.807, 2.05) is 20.8 Å². The summed E-state index contributed by atoms with van der Waals surface area (Å²) in [7, 11) is 0. The van der Waals surface area contributed by atoms with E-state index < -0.39 is 11.7 Å². The van der Waals surface area contributed by atoms with Gasteiger partial charge in [-0.1, -0.05) is 6.92 Å². The maximum absolute atomic E-state index is 13.0. The van der Waals surface area contributed by atoms with E-state index in [2.05, 4.69) is 0 Å². The van der Waals surface area contributed by atoms with Crippen molar-refractivity contribution in [2.75, 3.05) is 17.2 Å². The van der Waals surface area contributed by atoms with Crippen molar-refractivity contribution in [3.8, 4) is 0 Å². The van der Waals surface area contributed by atoms with Crippen molar-refractivity contribution in [2.24, 2.45) is 0 Å². The van der Waals surface area contributed by atoms with Gasteiger partial charge in [0, 0.05) is 24.0 Å². The van der Waals surface area contributed by atoms with Gasteiger partial charge in [-0.2, -0.15) is 13.2 Å². The van der Waals surface area contributed by atoms with Crippen molar-refractivity contribution in [3.05, 3.63) is 23.8 Å². The summed E-state index contributed by atoms with van der Waals surface area (Å²) < 4.78 is 39.0. The molecule has 0 amide bonds. The van der Waals surface area contributed by atoms with Crippen LogP contribution in [0.1, 0.15) is 32.8 Å². The van der Waals surface area contributed by atoms with E-state index in [0.29, 0.717) is 6.54 Å². The SMILES string of the molecule is CCC(C)N(CC)c1ccc(N)cc1C(F)(F)F. The molecule has 2 N–H and O–H groups in total. The molecule has 0 aliphatic rings. The number of hydrogen-bond donors (Lipinski definition) is 1. The highest BCUT2D eigenvalue weighted by atomic mass is 19.4. The first-order valence-electron chi connectivity index (χ1n) is 6.04. The van der Waals surface area contributed by atoms with Crippen LogP contribution in [0.15, 0.2) is 18.2 Å². The molecule has 0 aliphatic carbocycles. The van der Waals surface area contributed by atoms with Crippen molar-refractivity contribution in [1.29, 1.82) is 0 Å². The number of hydrogen-bond acceptors (Lipinski definition) is 2. The molecule has 0 fully saturated rings. The van der Waals surface area contributed by atoms with Gasteiger partial charge in [0.15, 0.2) is 0 Å². The van der Waals surface area contributed by atoms with Crippen LogP contribution in [0, 0.1) is 0 Å². The molecule has 102 valence electrons. The first-order chi connectivity index (χ1) is 8.31. The number of halogens is 3. The third-order valence-electron chi connectivity index (χ3n) is 3.10. The summed E-state index contributed by atoms with van der Waals surface area (Å²) in [5.41, 5.74) is 5.13. The Kier molecular flexibility index (Phi) is 4.48. The molecule has 1 atom stereocenters. The predicted molar refractivity (Wildman–Crippen MR) is 68.6 cm³/mol. The van der Waals surface area contributed by atoms with Crippen LogP contribution in [0.3, 0.4) is 0 Å². The van der Waals surface area contributed by atoms with Gasteiger partial charge in [0.25, 0.3) is 0 Å². The number of rotatable bonds is 4. The molecule has 1 rings (SSSR count). The topological polar surface area (TPSA) is 29.3 Å². The van der Waals surface area contributed by atoms with Gasteiger partial charge in [-0.05, 0) is 38.5 Å². The van der Waals surface area contributed by atoms with Crippen molar-refractivity contribution < 1.29 is 13.2 Å². The van der Waals surface area contributed by atoms with E-state index in [4.69, 9.17) is 5.73 Å². The molecule has 1 aromatic rings. The van der Waals surface area contributed by atoms with Crippen LogP contribution >= 0.6 is 0 Å². The molecular weight excluding hydrogens is 241 g/mol. The molecule has 0 aliphatic heterocycles. The number of nitrogens with two attached hydrogens (primary N) is 1. The minimum absolute atomic E-state index is 0.0553. The van der Waals surface area contributed by atoms with E-state index in [1.165, 1.54) is 12.1 Å². The molecule has 5 heteroatoms. The second-order valence-electron chi connectivity index (χ2n) is 4.32. The van der Waals surface area contributed by atoms with E-state index in [1.54, 1.807) is 4.90 Å². The van der Waals surface area contributed by atoms with Gasteiger partial charge < -0.3 is 10.6 Å². The Bertz CT molecular complexity index is 402. The van der Waals surface area contributed by atoms with Gasteiger partial charge >= 0.3 is 6.18 Å². The largest absolute Gasteiger partial charge is 0.418 e. The summed E-state index contributed by atoms with van der Waals surface area (Å²) in [6.45, 7) is 6.25. The van der Waals surface area contributed by atoms with Crippen molar-refractivity contribution in [1.82, 2.24) is 0 Å². The Morgan fingerprint density at radius 1 is 1.28 bits per heavy atom. The fraction of sp³-hybridized carbons (Fsp3) is 0.538. The molecule has 0 spiro atoms. The van der Waals surface area contributed by atoms with E-state index in [-0.39, 0.29) is 17.4 Å². The lowest BCUT2D eigenvalue weighted by atomic mass is 10.1. The second-order valence-corrected chi connectivity index (χ2v) is 4.32. The Labute approximate surface area is 106 Å². The van der Waals surface area contributed by atoms with E-state index in [0.717, 1.165) is 12.5 Å². The van der Waals surface area contributed by atoms with E-state index >= 15 is 0 Å². The van der Waals surface area contributed by atoms with Crippen LogP contribution in [-0.2, 0) is 6.18 Å². The average Bonchev–Trinajstić information content (AvgIpc) is 2.30. The zero-order valence-electron chi connectivity index (χ0n) is 10.9. The van der Waals surface area contributed by atoms with Crippen LogP contribution in [-0.4, -0.2) is 12.6 Å². The number of nitrogens with zero attached hydrogens (tertiary/aromatic N) is 1. The Morgan fingerprint density at radius 3 is 2.33 bits per heavy atom. The van der Waals surface area contributed by atoms with E-state index in [9.17, 15) is 13.2 Å². The summed E-state index contributed by atoms with van der Waals surface area (Å²) in [4.78, 5) is 1.75. The lowest BCUT2D eigenvalue weighted by Crippen LogP contribution is -2.34. The Balaban J connectivity index is 3.30. The summed E-state index contributed by atoms with van der Waals surface area (Å²) >= 11 is 0.